The van der Waals surface area contributed by atoms with Crippen LogP contribution in [-0.2, 0) is 6.18 Å². The van der Waals surface area contributed by atoms with E-state index in [1.54, 1.807) is 12.1 Å². The van der Waals surface area contributed by atoms with Crippen LogP contribution in [0.3, 0.4) is 0 Å². The Hall–Kier alpha value is -2.57. The van der Waals surface area contributed by atoms with E-state index < -0.39 is 22.4 Å². The lowest BCUT2D eigenvalue weighted by molar-refractivity contribution is -0.384. The summed E-state index contributed by atoms with van der Waals surface area (Å²) in [5, 5.41) is 15.0. The number of nitrogens with zero attached hydrogens (tertiary/aromatic N) is 2. The van der Waals surface area contributed by atoms with E-state index in [9.17, 15) is 23.3 Å². The number of anilines is 1. The van der Waals surface area contributed by atoms with Crippen LogP contribution in [0.4, 0.5) is 24.5 Å². The summed E-state index contributed by atoms with van der Waals surface area (Å²) in [7, 11) is 0. The Morgan fingerprint density at radius 3 is 2.48 bits per heavy atom. The Labute approximate surface area is 178 Å². The largest absolute Gasteiger partial charge is 0.490 e. The van der Waals surface area contributed by atoms with Crippen molar-refractivity contribution in [1.82, 2.24) is 0 Å². The molecule has 0 spiro atoms. The zero-order chi connectivity index (χ0) is 21.6. The van der Waals surface area contributed by atoms with Crippen LogP contribution in [0.1, 0.15) is 25.0 Å². The van der Waals surface area contributed by atoms with Crippen molar-refractivity contribution in [3.63, 3.8) is 0 Å². The van der Waals surface area contributed by atoms with Gasteiger partial charge in [-0.15, -0.1) is 0 Å². The van der Waals surface area contributed by atoms with Crippen molar-refractivity contribution in [2.75, 3.05) is 18.6 Å². The first-order chi connectivity index (χ1) is 13.7. The molecule has 0 amide bonds. The van der Waals surface area contributed by atoms with E-state index in [4.69, 9.17) is 9.47 Å². The van der Waals surface area contributed by atoms with Gasteiger partial charge in [0, 0.05) is 6.07 Å². The highest BCUT2D eigenvalue weighted by molar-refractivity contribution is 14.1. The van der Waals surface area contributed by atoms with Crippen molar-refractivity contribution in [2.45, 2.75) is 20.0 Å². The van der Waals surface area contributed by atoms with Gasteiger partial charge in [-0.05, 0) is 66.3 Å². The molecule has 11 heteroatoms. The number of hydrogen-bond acceptors (Lipinski definition) is 6. The minimum atomic E-state index is -4.68. The topological polar surface area (TPSA) is 86.0 Å². The minimum absolute atomic E-state index is 0.162. The van der Waals surface area contributed by atoms with Gasteiger partial charge in [-0.25, -0.2) is 0 Å². The standard InChI is InChI=1S/C18H17F3IN3O4/c1-3-28-16-8-11(7-13(22)17(16)29-4-2)10-23-24-14-6-5-12(18(19,20)21)9-15(14)25(26)27/h5-10,24H,3-4H2,1-2H3/b23-10-. The van der Waals surface area contributed by atoms with E-state index in [0.29, 0.717) is 36.3 Å². The predicted molar refractivity (Wildman–Crippen MR) is 111 cm³/mol. The van der Waals surface area contributed by atoms with Crippen molar-refractivity contribution in [3.05, 3.63) is 55.1 Å². The number of ether oxygens (including phenoxy) is 2. The molecule has 29 heavy (non-hydrogen) atoms. The van der Waals surface area contributed by atoms with Gasteiger partial charge < -0.3 is 9.47 Å². The number of nitro benzene ring substituents is 1. The van der Waals surface area contributed by atoms with Crippen LogP contribution >= 0.6 is 22.6 Å². The molecule has 0 heterocycles. The number of rotatable bonds is 8. The number of benzene rings is 2. The summed E-state index contributed by atoms with van der Waals surface area (Å²) in [6.07, 6.45) is -3.30. The zero-order valence-corrected chi connectivity index (χ0v) is 17.6. The van der Waals surface area contributed by atoms with Gasteiger partial charge in [0.05, 0.1) is 33.5 Å². The molecule has 0 saturated heterocycles. The van der Waals surface area contributed by atoms with Crippen LogP contribution < -0.4 is 14.9 Å². The molecule has 0 saturated carbocycles. The lowest BCUT2D eigenvalue weighted by atomic mass is 10.1. The molecule has 2 aromatic carbocycles. The number of nitro groups is 1. The van der Waals surface area contributed by atoms with Gasteiger partial charge in [-0.2, -0.15) is 18.3 Å². The monoisotopic (exact) mass is 523 g/mol. The van der Waals surface area contributed by atoms with E-state index >= 15 is 0 Å². The van der Waals surface area contributed by atoms with Crippen LogP contribution in [0.15, 0.2) is 35.4 Å². The highest BCUT2D eigenvalue weighted by atomic mass is 127. The molecule has 0 fully saturated rings. The number of hydrazone groups is 1. The second-order valence-electron chi connectivity index (χ2n) is 5.55. The number of halogens is 4. The summed E-state index contributed by atoms with van der Waals surface area (Å²) in [4.78, 5) is 10.2. The highest BCUT2D eigenvalue weighted by Gasteiger charge is 2.33. The third-order valence-electron chi connectivity index (χ3n) is 3.54. The zero-order valence-electron chi connectivity index (χ0n) is 15.4. The second kappa shape index (κ2) is 9.76. The fourth-order valence-corrected chi connectivity index (χ4v) is 3.12. The van der Waals surface area contributed by atoms with Crippen LogP contribution in [0.25, 0.3) is 0 Å². The molecule has 156 valence electrons. The molecule has 1 N–H and O–H groups in total. The van der Waals surface area contributed by atoms with E-state index in [2.05, 4.69) is 33.1 Å². The normalized spacial score (nSPS) is 11.5. The third kappa shape index (κ3) is 5.95. The summed E-state index contributed by atoms with van der Waals surface area (Å²) < 4.78 is 50.2. The van der Waals surface area contributed by atoms with E-state index in [0.717, 1.165) is 15.7 Å². The lowest BCUT2D eigenvalue weighted by Crippen LogP contribution is -2.06. The summed E-state index contributed by atoms with van der Waals surface area (Å²) in [5.41, 5.74) is 1.03. The van der Waals surface area contributed by atoms with Gasteiger partial charge >= 0.3 is 6.18 Å². The van der Waals surface area contributed by atoms with Gasteiger partial charge in [0.1, 0.15) is 5.69 Å². The molecule has 0 aliphatic heterocycles. The van der Waals surface area contributed by atoms with E-state index in [1.165, 1.54) is 6.21 Å². The van der Waals surface area contributed by atoms with Crippen molar-refractivity contribution in [3.8, 4) is 11.5 Å². The number of alkyl halides is 3. The maximum atomic E-state index is 12.8. The average molecular weight is 523 g/mol. The van der Waals surface area contributed by atoms with Gasteiger partial charge in [0.15, 0.2) is 11.5 Å². The Morgan fingerprint density at radius 1 is 1.21 bits per heavy atom. The van der Waals surface area contributed by atoms with E-state index in [1.807, 2.05) is 13.8 Å². The smallest absolute Gasteiger partial charge is 0.416 e. The van der Waals surface area contributed by atoms with E-state index in [-0.39, 0.29) is 5.69 Å². The molecule has 7 nitrogen and oxygen atoms in total. The summed E-state index contributed by atoms with van der Waals surface area (Å²) >= 11 is 2.08. The molecule has 0 bridgehead atoms. The van der Waals surface area contributed by atoms with Crippen LogP contribution in [-0.4, -0.2) is 24.4 Å². The van der Waals surface area contributed by atoms with Crippen LogP contribution in [0.2, 0.25) is 0 Å². The Bertz CT molecular complexity index is 920. The molecule has 0 aromatic heterocycles. The summed E-state index contributed by atoms with van der Waals surface area (Å²) in [5.74, 6) is 1.11. The highest BCUT2D eigenvalue weighted by Crippen LogP contribution is 2.35. The number of hydrogen-bond donors (Lipinski definition) is 1. The molecular formula is C18H17F3IN3O4. The molecule has 0 unspecified atom stereocenters. The molecule has 0 atom stereocenters. The minimum Gasteiger partial charge on any atom is -0.490 e. The maximum Gasteiger partial charge on any atom is 0.416 e. The number of nitrogens with one attached hydrogen (secondary N) is 1. The quantitative estimate of drug-likeness (QED) is 0.215. The van der Waals surface area contributed by atoms with Crippen LogP contribution in [0, 0.1) is 13.7 Å². The van der Waals surface area contributed by atoms with Gasteiger partial charge in [-0.3, -0.25) is 15.5 Å². The van der Waals surface area contributed by atoms with Crippen molar-refractivity contribution in [2.24, 2.45) is 5.10 Å². The third-order valence-corrected chi connectivity index (χ3v) is 4.34. The first-order valence-corrected chi connectivity index (χ1v) is 9.49. The molecule has 0 aliphatic rings. The first-order valence-electron chi connectivity index (χ1n) is 8.41. The van der Waals surface area contributed by atoms with Crippen molar-refractivity contribution in [1.29, 1.82) is 0 Å². The second-order valence-corrected chi connectivity index (χ2v) is 6.72. The fraction of sp³-hybridized carbons (Fsp3) is 0.278. The van der Waals surface area contributed by atoms with Crippen LogP contribution in [0.5, 0.6) is 11.5 Å². The summed E-state index contributed by atoms with van der Waals surface area (Å²) in [6.45, 7) is 4.56. The Morgan fingerprint density at radius 2 is 1.90 bits per heavy atom. The summed E-state index contributed by atoms with van der Waals surface area (Å²) in [6, 6.07) is 5.62. The maximum absolute atomic E-state index is 12.8. The van der Waals surface area contributed by atoms with Crippen molar-refractivity contribution < 1.29 is 27.6 Å². The molecular weight excluding hydrogens is 506 g/mol. The molecule has 0 radical (unpaired) electrons. The van der Waals surface area contributed by atoms with Crippen molar-refractivity contribution >= 4 is 40.2 Å². The average Bonchev–Trinajstić information content (AvgIpc) is 2.64. The SMILES string of the molecule is CCOc1cc(/C=N\Nc2ccc(C(F)(F)F)cc2[N+](=O)[O-])cc(I)c1OCC. The molecule has 2 aromatic rings. The Kier molecular flexibility index (Phi) is 7.65. The predicted octanol–water partition coefficient (Wildman–Crippen LogP) is 5.46. The molecule has 0 aliphatic carbocycles. The molecule has 2 rings (SSSR count). The van der Waals surface area contributed by atoms with Gasteiger partial charge in [0.2, 0.25) is 0 Å². The van der Waals surface area contributed by atoms with Gasteiger partial charge in [-0.1, -0.05) is 0 Å². The fourth-order valence-electron chi connectivity index (χ4n) is 2.34. The lowest BCUT2D eigenvalue weighted by Gasteiger charge is -2.13. The van der Waals surface area contributed by atoms with Gasteiger partial charge in [0.25, 0.3) is 5.69 Å². The first kappa shape index (κ1) is 22.7. The Balaban J connectivity index is 2.28.